The lowest BCUT2D eigenvalue weighted by Gasteiger charge is -2.10. The zero-order chi connectivity index (χ0) is 17.2. The van der Waals surface area contributed by atoms with E-state index in [2.05, 4.69) is 10.2 Å². The van der Waals surface area contributed by atoms with Gasteiger partial charge < -0.3 is 9.30 Å². The third-order valence-electron chi connectivity index (χ3n) is 3.21. The van der Waals surface area contributed by atoms with Crippen molar-refractivity contribution in [3.05, 3.63) is 45.5 Å². The predicted octanol–water partition coefficient (Wildman–Crippen LogP) is 2.88. The molecule has 0 aliphatic heterocycles. The molecule has 0 spiro atoms. The Kier molecular flexibility index (Phi) is 4.52. The Morgan fingerprint density at radius 1 is 1.30 bits per heavy atom. The van der Waals surface area contributed by atoms with E-state index in [4.69, 9.17) is 4.74 Å². The summed E-state index contributed by atoms with van der Waals surface area (Å²) >= 11 is 0. The molecule has 0 unspecified atom stereocenters. The fraction of sp³-hybridized carbons (Fsp3) is 0.385. The Bertz CT molecular complexity index is 728. The van der Waals surface area contributed by atoms with Gasteiger partial charge in [-0.25, -0.2) is 0 Å². The monoisotopic (exact) mass is 330 g/mol. The molecule has 0 saturated heterocycles. The van der Waals surface area contributed by atoms with Gasteiger partial charge in [-0.05, 0) is 12.1 Å². The zero-order valence-corrected chi connectivity index (χ0v) is 12.3. The molecule has 10 heteroatoms. The van der Waals surface area contributed by atoms with Crippen LogP contribution in [0.5, 0.6) is 5.75 Å². The highest BCUT2D eigenvalue weighted by Crippen LogP contribution is 2.36. The molecule has 0 atom stereocenters. The molecule has 23 heavy (non-hydrogen) atoms. The molecule has 0 radical (unpaired) electrons. The highest BCUT2D eigenvalue weighted by molar-refractivity contribution is 5.49. The van der Waals surface area contributed by atoms with Gasteiger partial charge in [0.25, 0.3) is 0 Å². The Morgan fingerprint density at radius 2 is 1.96 bits per heavy atom. The summed E-state index contributed by atoms with van der Waals surface area (Å²) in [5.41, 5.74) is -1.86. The molecule has 2 aromatic rings. The van der Waals surface area contributed by atoms with E-state index >= 15 is 0 Å². The molecule has 0 saturated carbocycles. The van der Waals surface area contributed by atoms with E-state index in [1.165, 1.54) is 0 Å². The van der Waals surface area contributed by atoms with Crippen LogP contribution in [-0.4, -0.2) is 19.7 Å². The molecule has 0 aliphatic carbocycles. The highest BCUT2D eigenvalue weighted by Gasteiger charge is 2.33. The van der Waals surface area contributed by atoms with Crippen LogP contribution in [0, 0.1) is 10.1 Å². The summed E-state index contributed by atoms with van der Waals surface area (Å²) in [4.78, 5) is 10.0. The topological polar surface area (TPSA) is 83.1 Å². The van der Waals surface area contributed by atoms with Crippen LogP contribution in [0.3, 0.4) is 0 Å². The number of benzene rings is 1. The minimum atomic E-state index is -4.66. The lowest BCUT2D eigenvalue weighted by atomic mass is 10.2. The van der Waals surface area contributed by atoms with Crippen molar-refractivity contribution < 1.29 is 22.8 Å². The fourth-order valence-electron chi connectivity index (χ4n) is 1.93. The molecule has 1 heterocycles. The van der Waals surface area contributed by atoms with Gasteiger partial charge in [-0.1, -0.05) is 6.92 Å². The van der Waals surface area contributed by atoms with Gasteiger partial charge in [-0.15, -0.1) is 10.2 Å². The summed E-state index contributed by atoms with van der Waals surface area (Å²) < 4.78 is 44.8. The number of ether oxygens (including phenoxy) is 1. The summed E-state index contributed by atoms with van der Waals surface area (Å²) in [6, 6.07) is 2.11. The first-order valence-electron chi connectivity index (χ1n) is 6.59. The number of hydrogen-bond acceptors (Lipinski definition) is 5. The smallest absolute Gasteiger partial charge is 0.416 e. The van der Waals surface area contributed by atoms with Crippen LogP contribution in [0.2, 0.25) is 0 Å². The number of hydrogen-bond donors (Lipinski definition) is 0. The Labute approximate surface area is 128 Å². The maximum atomic E-state index is 12.6. The lowest BCUT2D eigenvalue weighted by molar-refractivity contribution is -0.386. The SMILES string of the molecule is CCc1nnc(COc2ccc(C(F)(F)F)cc2[N+](=O)[O-])n1C. The lowest BCUT2D eigenvalue weighted by Crippen LogP contribution is -2.08. The minimum Gasteiger partial charge on any atom is -0.479 e. The Morgan fingerprint density at radius 3 is 2.48 bits per heavy atom. The summed E-state index contributed by atoms with van der Waals surface area (Å²) in [7, 11) is 1.71. The molecule has 1 aromatic carbocycles. The normalized spacial score (nSPS) is 11.5. The molecule has 0 N–H and O–H groups in total. The summed E-state index contributed by atoms with van der Waals surface area (Å²) in [6.45, 7) is 1.74. The molecule has 7 nitrogen and oxygen atoms in total. The number of nitro groups is 1. The van der Waals surface area contributed by atoms with E-state index in [9.17, 15) is 23.3 Å². The summed E-state index contributed by atoms with van der Waals surface area (Å²) in [5, 5.41) is 18.7. The van der Waals surface area contributed by atoms with Gasteiger partial charge in [-0.3, -0.25) is 10.1 Å². The molecule has 0 aliphatic rings. The second-order valence-corrected chi connectivity index (χ2v) is 4.67. The molecule has 1 aromatic heterocycles. The van der Waals surface area contributed by atoms with E-state index in [0.29, 0.717) is 24.1 Å². The summed E-state index contributed by atoms with van der Waals surface area (Å²) in [5.74, 6) is 0.852. The van der Waals surface area contributed by atoms with Crippen molar-refractivity contribution in [1.82, 2.24) is 14.8 Å². The maximum Gasteiger partial charge on any atom is 0.416 e. The number of nitrogens with zero attached hydrogens (tertiary/aromatic N) is 4. The van der Waals surface area contributed by atoms with Crippen molar-refractivity contribution in [2.75, 3.05) is 0 Å². The fourth-order valence-corrected chi connectivity index (χ4v) is 1.93. The molecule has 0 amide bonds. The average molecular weight is 330 g/mol. The van der Waals surface area contributed by atoms with Crippen molar-refractivity contribution in [2.45, 2.75) is 26.1 Å². The van der Waals surface area contributed by atoms with Crippen LogP contribution < -0.4 is 4.74 Å². The first-order valence-corrected chi connectivity index (χ1v) is 6.59. The molecular formula is C13H13F3N4O3. The molecule has 124 valence electrons. The van der Waals surface area contributed by atoms with Crippen molar-refractivity contribution in [3.8, 4) is 5.75 Å². The zero-order valence-electron chi connectivity index (χ0n) is 12.3. The quantitative estimate of drug-likeness (QED) is 0.622. The van der Waals surface area contributed by atoms with E-state index < -0.39 is 22.4 Å². The van der Waals surface area contributed by atoms with Gasteiger partial charge in [0.1, 0.15) is 12.4 Å². The van der Waals surface area contributed by atoms with Crippen molar-refractivity contribution in [3.63, 3.8) is 0 Å². The van der Waals surface area contributed by atoms with Gasteiger partial charge in [0, 0.05) is 19.5 Å². The van der Waals surface area contributed by atoms with Gasteiger partial charge in [-0.2, -0.15) is 13.2 Å². The van der Waals surface area contributed by atoms with Gasteiger partial charge >= 0.3 is 11.9 Å². The third-order valence-corrected chi connectivity index (χ3v) is 3.21. The van der Waals surface area contributed by atoms with E-state index in [-0.39, 0.29) is 12.4 Å². The van der Waals surface area contributed by atoms with Crippen molar-refractivity contribution >= 4 is 5.69 Å². The van der Waals surface area contributed by atoms with Crippen LogP contribution in [0.15, 0.2) is 18.2 Å². The number of rotatable bonds is 5. The van der Waals surface area contributed by atoms with E-state index in [1.54, 1.807) is 11.6 Å². The van der Waals surface area contributed by atoms with Crippen LogP contribution in [-0.2, 0) is 26.3 Å². The largest absolute Gasteiger partial charge is 0.479 e. The van der Waals surface area contributed by atoms with Crippen molar-refractivity contribution in [2.24, 2.45) is 7.05 Å². The minimum absolute atomic E-state index is 0.143. The Hall–Kier alpha value is -2.65. The number of aryl methyl sites for hydroxylation is 1. The van der Waals surface area contributed by atoms with Gasteiger partial charge in [0.2, 0.25) is 0 Å². The van der Waals surface area contributed by atoms with E-state index in [1.807, 2.05) is 6.92 Å². The number of aromatic nitrogens is 3. The van der Waals surface area contributed by atoms with Gasteiger partial charge in [0.05, 0.1) is 10.5 Å². The maximum absolute atomic E-state index is 12.6. The van der Waals surface area contributed by atoms with Crippen molar-refractivity contribution in [1.29, 1.82) is 0 Å². The van der Waals surface area contributed by atoms with Crippen LogP contribution >= 0.6 is 0 Å². The van der Waals surface area contributed by atoms with Crippen LogP contribution in [0.4, 0.5) is 18.9 Å². The molecule has 0 fully saturated rings. The molecule has 2 rings (SSSR count). The number of alkyl halides is 3. The average Bonchev–Trinajstić information content (AvgIpc) is 2.84. The van der Waals surface area contributed by atoms with Gasteiger partial charge in [0.15, 0.2) is 11.6 Å². The number of nitro benzene ring substituents is 1. The Balaban J connectivity index is 2.25. The second kappa shape index (κ2) is 6.23. The molecule has 0 bridgehead atoms. The predicted molar refractivity (Wildman–Crippen MR) is 72.8 cm³/mol. The molecular weight excluding hydrogens is 317 g/mol. The van der Waals surface area contributed by atoms with Crippen LogP contribution in [0.25, 0.3) is 0 Å². The third kappa shape index (κ3) is 3.58. The second-order valence-electron chi connectivity index (χ2n) is 4.67. The van der Waals surface area contributed by atoms with E-state index in [0.717, 1.165) is 12.1 Å². The van der Waals surface area contributed by atoms with Crippen LogP contribution in [0.1, 0.15) is 24.1 Å². The first kappa shape index (κ1) is 16.7. The first-order chi connectivity index (χ1) is 10.7. The number of halogens is 3. The summed E-state index contributed by atoms with van der Waals surface area (Å²) in [6.07, 6.45) is -4.02. The standard InChI is InChI=1S/C13H13F3N4O3/c1-3-11-17-18-12(19(11)2)7-23-10-5-4-8(13(14,15)16)6-9(10)20(21)22/h4-6H,3,7H2,1-2H3. The highest BCUT2D eigenvalue weighted by atomic mass is 19.4.